The van der Waals surface area contributed by atoms with Gasteiger partial charge in [-0.1, -0.05) is 25.1 Å². The molecule has 24 heavy (non-hydrogen) atoms. The van der Waals surface area contributed by atoms with Gasteiger partial charge in [-0.3, -0.25) is 4.90 Å². The van der Waals surface area contributed by atoms with Gasteiger partial charge in [0.1, 0.15) is 5.82 Å². The van der Waals surface area contributed by atoms with Gasteiger partial charge < -0.3 is 4.74 Å². The maximum atomic E-state index is 13.9. The second-order valence-electron chi connectivity index (χ2n) is 7.29. The zero-order valence-electron chi connectivity index (χ0n) is 14.1. The molecule has 1 aromatic heterocycles. The third kappa shape index (κ3) is 3.56. The summed E-state index contributed by atoms with van der Waals surface area (Å²) in [4.78, 5) is 3.78. The van der Waals surface area contributed by atoms with Crippen molar-refractivity contribution in [1.82, 2.24) is 4.90 Å². The standard InChI is InChI=1S/C20H24FNOS/c1-14-6-7-22(10-14)13-23-11-15-8-18(15)20-9-16(12-24-20)17-4-2-3-5-19(17)21/h2-5,9,12,14-15,18H,6-8,10-11,13H2,1H3. The molecular weight excluding hydrogens is 321 g/mol. The van der Waals surface area contributed by atoms with Crippen LogP contribution in [0.3, 0.4) is 0 Å². The molecule has 0 spiro atoms. The van der Waals surface area contributed by atoms with Crippen LogP contribution in [-0.4, -0.2) is 31.3 Å². The van der Waals surface area contributed by atoms with Gasteiger partial charge in [-0.05, 0) is 53.7 Å². The van der Waals surface area contributed by atoms with Crippen LogP contribution in [0.15, 0.2) is 35.7 Å². The molecule has 0 radical (unpaired) electrons. The lowest BCUT2D eigenvalue weighted by molar-refractivity contribution is 0.0336. The number of hydrogen-bond acceptors (Lipinski definition) is 3. The normalized spacial score (nSPS) is 26.8. The maximum Gasteiger partial charge on any atom is 0.131 e. The summed E-state index contributed by atoms with van der Waals surface area (Å²) in [6.45, 7) is 6.28. The summed E-state index contributed by atoms with van der Waals surface area (Å²) in [5.41, 5.74) is 1.71. The molecule has 2 aromatic rings. The van der Waals surface area contributed by atoms with E-state index < -0.39 is 0 Å². The number of nitrogens with zero attached hydrogens (tertiary/aromatic N) is 1. The van der Waals surface area contributed by atoms with E-state index in [2.05, 4.69) is 23.3 Å². The van der Waals surface area contributed by atoms with Crippen LogP contribution in [0.4, 0.5) is 4.39 Å². The number of hydrogen-bond donors (Lipinski definition) is 0. The van der Waals surface area contributed by atoms with Crippen LogP contribution in [0.1, 0.15) is 30.6 Å². The molecule has 3 atom stereocenters. The number of ether oxygens (including phenoxy) is 1. The average molecular weight is 345 g/mol. The van der Waals surface area contributed by atoms with Crippen molar-refractivity contribution in [3.05, 3.63) is 46.4 Å². The van der Waals surface area contributed by atoms with Crippen molar-refractivity contribution in [3.8, 4) is 11.1 Å². The second kappa shape index (κ2) is 6.95. The smallest absolute Gasteiger partial charge is 0.131 e. The highest BCUT2D eigenvalue weighted by Gasteiger charge is 2.39. The molecule has 2 aliphatic rings. The Morgan fingerprint density at radius 2 is 2.21 bits per heavy atom. The fourth-order valence-corrected chi connectivity index (χ4v) is 4.76. The molecule has 1 saturated carbocycles. The molecule has 2 fully saturated rings. The van der Waals surface area contributed by atoms with Gasteiger partial charge in [0.05, 0.1) is 13.3 Å². The van der Waals surface area contributed by atoms with Crippen molar-refractivity contribution in [2.24, 2.45) is 11.8 Å². The Kier molecular flexibility index (Phi) is 4.70. The minimum absolute atomic E-state index is 0.141. The van der Waals surface area contributed by atoms with Gasteiger partial charge in [0.25, 0.3) is 0 Å². The highest BCUT2D eigenvalue weighted by atomic mass is 32.1. The van der Waals surface area contributed by atoms with Crippen molar-refractivity contribution >= 4 is 11.3 Å². The molecule has 1 aromatic carbocycles. The van der Waals surface area contributed by atoms with Crippen LogP contribution < -0.4 is 0 Å². The summed E-state index contributed by atoms with van der Waals surface area (Å²) < 4.78 is 19.8. The highest BCUT2D eigenvalue weighted by Crippen LogP contribution is 2.50. The van der Waals surface area contributed by atoms with Crippen molar-refractivity contribution in [1.29, 1.82) is 0 Å². The van der Waals surface area contributed by atoms with E-state index in [-0.39, 0.29) is 5.82 Å². The Morgan fingerprint density at radius 3 is 3.00 bits per heavy atom. The van der Waals surface area contributed by atoms with Crippen molar-refractivity contribution in [2.75, 3.05) is 26.4 Å². The van der Waals surface area contributed by atoms with E-state index in [1.807, 2.05) is 12.1 Å². The van der Waals surface area contributed by atoms with Crippen LogP contribution in [-0.2, 0) is 4.74 Å². The predicted octanol–water partition coefficient (Wildman–Crippen LogP) is 4.97. The molecule has 4 heteroatoms. The van der Waals surface area contributed by atoms with Crippen molar-refractivity contribution in [3.63, 3.8) is 0 Å². The first-order valence-electron chi connectivity index (χ1n) is 8.84. The van der Waals surface area contributed by atoms with Crippen LogP contribution in [0.2, 0.25) is 0 Å². The van der Waals surface area contributed by atoms with Crippen LogP contribution in [0.25, 0.3) is 11.1 Å². The average Bonchev–Trinajstić information content (AvgIpc) is 2.98. The molecule has 4 rings (SSSR count). The first-order chi connectivity index (χ1) is 11.7. The molecular formula is C20H24FNOS. The zero-order valence-corrected chi connectivity index (χ0v) is 14.9. The van der Waals surface area contributed by atoms with E-state index in [4.69, 9.17) is 4.74 Å². The Morgan fingerprint density at radius 1 is 1.33 bits per heavy atom. The third-order valence-corrected chi connectivity index (χ3v) is 6.27. The van der Waals surface area contributed by atoms with Gasteiger partial charge in [0, 0.05) is 23.5 Å². The summed E-state index contributed by atoms with van der Waals surface area (Å²) in [5.74, 6) is 1.91. The predicted molar refractivity (Wildman–Crippen MR) is 96.7 cm³/mol. The number of likely N-dealkylation sites (tertiary alicyclic amines) is 1. The second-order valence-corrected chi connectivity index (χ2v) is 8.23. The molecule has 2 nitrogen and oxygen atoms in total. The molecule has 0 amide bonds. The van der Waals surface area contributed by atoms with Gasteiger partial charge in [-0.2, -0.15) is 0 Å². The van der Waals surface area contributed by atoms with Crippen LogP contribution in [0, 0.1) is 17.7 Å². The van der Waals surface area contributed by atoms with Crippen LogP contribution >= 0.6 is 11.3 Å². The zero-order chi connectivity index (χ0) is 16.5. The molecule has 1 aliphatic carbocycles. The monoisotopic (exact) mass is 345 g/mol. The summed E-state index contributed by atoms with van der Waals surface area (Å²) in [5, 5.41) is 2.08. The Balaban J connectivity index is 1.28. The van der Waals surface area contributed by atoms with Crippen molar-refractivity contribution in [2.45, 2.75) is 25.7 Å². The SMILES string of the molecule is CC1CCN(COCC2CC2c2cc(-c3ccccc3F)cs2)C1. The molecule has 3 unspecified atom stereocenters. The number of rotatable bonds is 6. The fraction of sp³-hybridized carbons (Fsp3) is 0.500. The summed E-state index contributed by atoms with van der Waals surface area (Å²) >= 11 is 1.75. The fourth-order valence-electron chi connectivity index (χ4n) is 3.64. The molecule has 0 N–H and O–H groups in total. The van der Waals surface area contributed by atoms with E-state index >= 15 is 0 Å². The quantitative estimate of drug-likeness (QED) is 0.732. The first-order valence-corrected chi connectivity index (χ1v) is 9.72. The molecule has 1 aliphatic heterocycles. The lowest BCUT2D eigenvalue weighted by Crippen LogP contribution is -2.24. The summed E-state index contributed by atoms with van der Waals surface area (Å²) in [6, 6.07) is 9.17. The Bertz CT molecular complexity index is 700. The van der Waals surface area contributed by atoms with Gasteiger partial charge in [-0.15, -0.1) is 11.3 Å². The van der Waals surface area contributed by atoms with Gasteiger partial charge >= 0.3 is 0 Å². The first kappa shape index (κ1) is 16.2. The van der Waals surface area contributed by atoms with E-state index in [1.54, 1.807) is 17.4 Å². The minimum atomic E-state index is -0.141. The molecule has 2 heterocycles. The Hall–Kier alpha value is -1.23. The van der Waals surface area contributed by atoms with E-state index in [0.29, 0.717) is 17.4 Å². The lowest BCUT2D eigenvalue weighted by Gasteiger charge is -2.15. The lowest BCUT2D eigenvalue weighted by atomic mass is 10.1. The molecule has 0 bridgehead atoms. The van der Waals surface area contributed by atoms with E-state index in [1.165, 1.54) is 36.9 Å². The summed E-state index contributed by atoms with van der Waals surface area (Å²) in [7, 11) is 0. The van der Waals surface area contributed by atoms with Crippen LogP contribution in [0.5, 0.6) is 0 Å². The summed E-state index contributed by atoms with van der Waals surface area (Å²) in [6.07, 6.45) is 2.50. The van der Waals surface area contributed by atoms with Gasteiger partial charge in [0.15, 0.2) is 0 Å². The topological polar surface area (TPSA) is 12.5 Å². The molecule has 128 valence electrons. The Labute approximate surface area is 147 Å². The number of thiophene rings is 1. The third-order valence-electron chi connectivity index (χ3n) is 5.21. The van der Waals surface area contributed by atoms with Gasteiger partial charge in [-0.25, -0.2) is 4.39 Å². The van der Waals surface area contributed by atoms with Crippen molar-refractivity contribution < 1.29 is 9.13 Å². The van der Waals surface area contributed by atoms with E-state index in [0.717, 1.165) is 24.8 Å². The minimum Gasteiger partial charge on any atom is -0.366 e. The maximum absolute atomic E-state index is 13.9. The van der Waals surface area contributed by atoms with E-state index in [9.17, 15) is 4.39 Å². The largest absolute Gasteiger partial charge is 0.366 e. The highest BCUT2D eigenvalue weighted by molar-refractivity contribution is 7.10. The number of halogens is 1. The van der Waals surface area contributed by atoms with Gasteiger partial charge in [0.2, 0.25) is 0 Å². The molecule has 1 saturated heterocycles. The number of benzene rings is 1.